The number of aliphatic hydroxyl groups is 1. The lowest BCUT2D eigenvalue weighted by Gasteiger charge is -2.43. The smallest absolute Gasteiger partial charge is 0.407 e. The van der Waals surface area contributed by atoms with Gasteiger partial charge in [0.1, 0.15) is 54.2 Å². The Morgan fingerprint density at radius 3 is 2.09 bits per heavy atom. The summed E-state index contributed by atoms with van der Waals surface area (Å²) in [4.78, 5) is 158. The van der Waals surface area contributed by atoms with Crippen LogP contribution in [0, 0.1) is 5.92 Å². The van der Waals surface area contributed by atoms with E-state index < -0.39 is 181 Å². The van der Waals surface area contributed by atoms with E-state index in [1.807, 2.05) is 0 Å². The number of amides is 10. The second-order valence-corrected chi connectivity index (χ2v) is 23.4. The van der Waals surface area contributed by atoms with Crippen LogP contribution in [-0.4, -0.2) is 217 Å². The van der Waals surface area contributed by atoms with E-state index in [4.69, 9.17) is 33.2 Å². The standard InChI is InChI=1S/C62H74N10O22/c1-29(2)50(70-39(73)16-19-72-43(77)14-15-44(72)78)57(84)68-30(3)56(83)69-33-12-10-32(11-13-33)28-91-61(86)67-27-42(76)66-26-41(75)65-25-40(74)63-17-18-64-60(85)62(87)23-35-47(54(82)49-48(52(35)80)51(79)34-8-7-9-37(88-5)46(34)53(49)81)38(24-62)93-45-22-36-55(31(4)92-45)94-58-59(89-6)90-21-20-71(36)58/h7-15,29-31,36,38,45,50,55,58-59,80,82,87H,16-28H2,1-6H3,(H,63,74)(H,64,85)(H,65,75)(H,66,76)(H,67,86)(H,68,84)(H,69,83)(H,70,73)/t30-,31-,36-,38-,45-,50-,55+,58+,59-,62-/m0/s1. The first-order valence-electron chi connectivity index (χ1n) is 30.3. The lowest BCUT2D eigenvalue weighted by molar-refractivity contribution is -0.256. The molecule has 10 atom stereocenters. The number of carbonyl (C=O) groups is 12. The molecule has 10 amide bonds. The Labute approximate surface area is 537 Å². The Kier molecular flexibility index (Phi) is 21.7. The average Bonchev–Trinajstić information content (AvgIpc) is 0.787. The molecule has 3 fully saturated rings. The molecule has 2 aliphatic carbocycles. The van der Waals surface area contributed by atoms with Crippen LogP contribution in [0.1, 0.15) is 102 Å². The zero-order chi connectivity index (χ0) is 67.9. The maximum atomic E-state index is 14.3. The molecule has 32 heteroatoms. The Balaban J connectivity index is 0.696. The first-order chi connectivity index (χ1) is 44.8. The van der Waals surface area contributed by atoms with Gasteiger partial charge in [-0.25, -0.2) is 4.79 Å². The van der Waals surface area contributed by atoms with E-state index in [1.54, 1.807) is 32.9 Å². The summed E-state index contributed by atoms with van der Waals surface area (Å²) in [7, 11) is 2.81. The number of benzene rings is 3. The van der Waals surface area contributed by atoms with Crippen molar-refractivity contribution in [3.05, 3.63) is 93.6 Å². The quantitative estimate of drug-likeness (QED) is 0.0203. The molecule has 94 heavy (non-hydrogen) atoms. The number of hydrogen-bond donors (Lipinski definition) is 11. The molecule has 0 unspecified atom stereocenters. The summed E-state index contributed by atoms with van der Waals surface area (Å²) < 4.78 is 41.0. The molecule has 0 spiro atoms. The van der Waals surface area contributed by atoms with Crippen LogP contribution in [0.5, 0.6) is 17.2 Å². The molecule has 0 saturated carbocycles. The fourth-order valence-corrected chi connectivity index (χ4v) is 11.9. The van der Waals surface area contributed by atoms with Crippen LogP contribution < -0.4 is 47.3 Å². The zero-order valence-electron chi connectivity index (χ0n) is 52.2. The van der Waals surface area contributed by atoms with Crippen molar-refractivity contribution in [2.24, 2.45) is 5.92 Å². The summed E-state index contributed by atoms with van der Waals surface area (Å²) in [5, 5.41) is 56.1. The lowest BCUT2D eigenvalue weighted by atomic mass is 9.72. The second-order valence-electron chi connectivity index (χ2n) is 23.4. The van der Waals surface area contributed by atoms with Crippen molar-refractivity contribution in [2.75, 3.05) is 72.0 Å². The van der Waals surface area contributed by atoms with Gasteiger partial charge < -0.3 is 91.0 Å². The van der Waals surface area contributed by atoms with Crippen molar-refractivity contribution in [2.45, 2.75) is 121 Å². The Morgan fingerprint density at radius 1 is 0.755 bits per heavy atom. The minimum Gasteiger partial charge on any atom is -0.507 e. The van der Waals surface area contributed by atoms with Crippen LogP contribution in [0.2, 0.25) is 0 Å². The van der Waals surface area contributed by atoms with Gasteiger partial charge in [0.05, 0.1) is 55.7 Å². The van der Waals surface area contributed by atoms with Gasteiger partial charge in [0.15, 0.2) is 24.6 Å². The van der Waals surface area contributed by atoms with Gasteiger partial charge in [-0.1, -0.05) is 38.1 Å². The number of carbonyl (C=O) groups excluding carboxylic acids is 12. The van der Waals surface area contributed by atoms with Gasteiger partial charge in [0, 0.05) is 99.5 Å². The minimum atomic E-state index is -2.41. The van der Waals surface area contributed by atoms with E-state index >= 15 is 0 Å². The third-order valence-corrected chi connectivity index (χ3v) is 16.7. The summed E-state index contributed by atoms with van der Waals surface area (Å²) in [6.45, 7) is 4.81. The van der Waals surface area contributed by atoms with Crippen molar-refractivity contribution < 1.29 is 106 Å². The molecule has 504 valence electrons. The van der Waals surface area contributed by atoms with Crippen LogP contribution >= 0.6 is 0 Å². The van der Waals surface area contributed by atoms with Gasteiger partial charge in [-0.3, -0.25) is 62.5 Å². The molecular formula is C62H74N10O22. The van der Waals surface area contributed by atoms with Crippen LogP contribution in [0.3, 0.4) is 0 Å². The number of rotatable bonds is 25. The predicted molar refractivity (Wildman–Crippen MR) is 322 cm³/mol. The second kappa shape index (κ2) is 29.7. The Bertz CT molecular complexity index is 3530. The van der Waals surface area contributed by atoms with E-state index in [9.17, 15) is 72.9 Å². The molecule has 32 nitrogen and oxygen atoms in total. The van der Waals surface area contributed by atoms with Crippen molar-refractivity contribution in [1.82, 2.24) is 47.0 Å². The number of phenols is 2. The monoisotopic (exact) mass is 1310 g/mol. The molecule has 3 aromatic carbocycles. The highest BCUT2D eigenvalue weighted by molar-refractivity contribution is 6.31. The Morgan fingerprint density at radius 2 is 1.41 bits per heavy atom. The number of imide groups is 1. The summed E-state index contributed by atoms with van der Waals surface area (Å²) in [5.41, 5.74) is -3.28. The molecule has 11 N–H and O–H groups in total. The van der Waals surface area contributed by atoms with Crippen molar-refractivity contribution in [1.29, 1.82) is 0 Å². The molecular weight excluding hydrogens is 1240 g/mol. The van der Waals surface area contributed by atoms with Gasteiger partial charge >= 0.3 is 6.09 Å². The number of phenolic OH excluding ortho intramolecular Hbond substituents is 2. The Hall–Kier alpha value is -9.44. The highest BCUT2D eigenvalue weighted by Gasteiger charge is 2.55. The molecule has 0 radical (unpaired) electrons. The van der Waals surface area contributed by atoms with Crippen LogP contribution in [0.4, 0.5) is 10.5 Å². The molecule has 0 bridgehead atoms. The van der Waals surface area contributed by atoms with E-state index in [0.717, 1.165) is 17.1 Å². The van der Waals surface area contributed by atoms with E-state index in [2.05, 4.69) is 47.4 Å². The highest BCUT2D eigenvalue weighted by Crippen LogP contribution is 2.53. The van der Waals surface area contributed by atoms with Gasteiger partial charge in [0.25, 0.3) is 17.7 Å². The van der Waals surface area contributed by atoms with Crippen LogP contribution in [-0.2, 0) is 84.6 Å². The normalized spacial score (nSPS) is 23.3. The number of aromatic hydroxyl groups is 2. The van der Waals surface area contributed by atoms with Crippen molar-refractivity contribution >= 4 is 76.5 Å². The molecule has 0 aromatic heterocycles. The van der Waals surface area contributed by atoms with Crippen molar-refractivity contribution in [3.8, 4) is 17.2 Å². The van der Waals surface area contributed by atoms with Crippen LogP contribution in [0.25, 0.3) is 0 Å². The summed E-state index contributed by atoms with van der Waals surface area (Å²) >= 11 is 0. The topological polar surface area (TPSA) is 433 Å². The van der Waals surface area contributed by atoms with Gasteiger partial charge in [-0.15, -0.1) is 0 Å². The largest absolute Gasteiger partial charge is 0.507 e. The number of fused-ring (bicyclic) bond motifs is 6. The molecule has 9 rings (SSSR count). The van der Waals surface area contributed by atoms with Gasteiger partial charge in [-0.2, -0.15) is 0 Å². The molecule has 6 aliphatic rings. The number of ketones is 2. The SMILES string of the molecule is COc1cccc2c1C(=O)c1c(O)c3c(c(O)c1C2=O)C[C@@](O)(C(=O)NCCNC(=O)CNC(=O)CNC(=O)CNC(=O)OCc1ccc(NC(=O)[C@H](C)NC(=O)[C@@H](NC(=O)CCN2C(=O)C=CC2=O)C(C)C)cc1)C[C@@H]3O[C@H]1C[C@H]2[C@H](O[C@@H]3[C@@H](OC)OCCN32)[C@H](C)O1. The third kappa shape index (κ3) is 15.3. The fourth-order valence-electron chi connectivity index (χ4n) is 11.9. The van der Waals surface area contributed by atoms with Gasteiger partial charge in [0.2, 0.25) is 41.2 Å². The summed E-state index contributed by atoms with van der Waals surface area (Å²) in [6.07, 6.45) is -4.81. The molecule has 3 saturated heterocycles. The highest BCUT2D eigenvalue weighted by atomic mass is 16.7. The maximum Gasteiger partial charge on any atom is 0.407 e. The number of alkyl carbamates (subject to hydrolysis) is 1. The first-order valence-corrected chi connectivity index (χ1v) is 30.3. The third-order valence-electron chi connectivity index (χ3n) is 16.7. The zero-order valence-corrected chi connectivity index (χ0v) is 52.2. The number of hydrogen-bond acceptors (Lipinski definition) is 23. The number of morpholine rings is 1. The van der Waals surface area contributed by atoms with Crippen LogP contribution in [0.15, 0.2) is 54.6 Å². The number of anilines is 1. The van der Waals surface area contributed by atoms with E-state index in [1.165, 1.54) is 51.5 Å². The fraction of sp³-hybridized carbons (Fsp3) is 0.484. The minimum absolute atomic E-state index is 0.0491. The van der Waals surface area contributed by atoms with E-state index in [-0.39, 0.29) is 79.0 Å². The number of ether oxygens (including phenoxy) is 7. The summed E-state index contributed by atoms with van der Waals surface area (Å²) in [5.74, 6) is -9.59. The number of methoxy groups -OCH3 is 2. The average molecular weight is 1310 g/mol. The number of nitrogens with zero attached hydrogens (tertiary/aromatic N) is 2. The molecule has 4 heterocycles. The van der Waals surface area contributed by atoms with E-state index in [0.29, 0.717) is 24.4 Å². The predicted octanol–water partition coefficient (Wildman–Crippen LogP) is -1.56. The van der Waals surface area contributed by atoms with Gasteiger partial charge in [-0.05, 0) is 43.5 Å². The first kappa shape index (κ1) is 68.9. The molecule has 3 aromatic rings. The lowest BCUT2D eigenvalue weighted by Crippen LogP contribution is -2.55. The summed E-state index contributed by atoms with van der Waals surface area (Å²) in [6, 6.07) is 8.08. The number of nitrogens with one attached hydrogen (secondary N) is 8. The van der Waals surface area contributed by atoms with Crippen molar-refractivity contribution in [3.63, 3.8) is 0 Å². The maximum absolute atomic E-state index is 14.3. The molecule has 4 aliphatic heterocycles.